The number of hydrogen-bond acceptors (Lipinski definition) is 6. The van der Waals surface area contributed by atoms with Crippen LogP contribution in [0.2, 0.25) is 0 Å². The van der Waals surface area contributed by atoms with E-state index in [1.165, 1.54) is 0 Å². The molecule has 3 aromatic carbocycles. The molecule has 0 spiro atoms. The lowest BCUT2D eigenvalue weighted by Gasteiger charge is -2.30. The normalized spacial score (nSPS) is 12.0. The van der Waals surface area contributed by atoms with Gasteiger partial charge in [0, 0.05) is 19.6 Å². The standard InChI is InChI=1S/C35H52N4O4/c1-34(2,3)42-32(40)38(22-13-21-37-20-12-11-19-36)23-14-24-39(33(41)43-35(4,5)6)26-31-29-17-9-7-15-27(29)25-28-16-8-10-18-30(28)31/h7-10,15-18,25,37H,11-14,19-24,26,36H2,1-6H3. The van der Waals surface area contributed by atoms with Crippen LogP contribution < -0.4 is 11.1 Å². The zero-order chi connectivity index (χ0) is 31.5. The van der Waals surface area contributed by atoms with Crippen LogP contribution in [0.1, 0.15) is 72.8 Å². The Morgan fingerprint density at radius 2 is 1.19 bits per heavy atom. The first kappa shape index (κ1) is 34.1. The molecular weight excluding hydrogens is 540 g/mol. The van der Waals surface area contributed by atoms with Gasteiger partial charge in [-0.15, -0.1) is 0 Å². The van der Waals surface area contributed by atoms with Crippen molar-refractivity contribution in [3.05, 3.63) is 60.2 Å². The summed E-state index contributed by atoms with van der Waals surface area (Å²) in [6.45, 7) is 15.6. The van der Waals surface area contributed by atoms with E-state index >= 15 is 0 Å². The van der Waals surface area contributed by atoms with Crippen molar-refractivity contribution in [2.75, 3.05) is 39.3 Å². The van der Waals surface area contributed by atoms with Gasteiger partial charge in [0.05, 0.1) is 6.54 Å². The van der Waals surface area contributed by atoms with Gasteiger partial charge in [0.25, 0.3) is 0 Å². The fourth-order valence-electron chi connectivity index (χ4n) is 5.02. The third kappa shape index (κ3) is 11.3. The predicted octanol–water partition coefficient (Wildman–Crippen LogP) is 7.08. The largest absolute Gasteiger partial charge is 0.444 e. The van der Waals surface area contributed by atoms with Crippen LogP contribution in [0, 0.1) is 0 Å². The first-order valence-corrected chi connectivity index (χ1v) is 15.6. The van der Waals surface area contributed by atoms with Crippen molar-refractivity contribution in [1.29, 1.82) is 0 Å². The second-order valence-electron chi connectivity index (χ2n) is 13.1. The summed E-state index contributed by atoms with van der Waals surface area (Å²) in [7, 11) is 0. The first-order valence-electron chi connectivity index (χ1n) is 15.6. The number of nitrogens with one attached hydrogen (secondary N) is 1. The zero-order valence-corrected chi connectivity index (χ0v) is 27.1. The highest BCUT2D eigenvalue weighted by molar-refractivity contribution is 6.02. The second kappa shape index (κ2) is 15.9. The van der Waals surface area contributed by atoms with Crippen LogP contribution in [-0.2, 0) is 16.0 Å². The van der Waals surface area contributed by atoms with Gasteiger partial charge in [0.1, 0.15) is 11.2 Å². The maximum absolute atomic E-state index is 13.5. The molecule has 3 N–H and O–H groups in total. The summed E-state index contributed by atoms with van der Waals surface area (Å²) in [5.74, 6) is 0. The fraction of sp³-hybridized carbons (Fsp3) is 0.543. The van der Waals surface area contributed by atoms with Gasteiger partial charge < -0.3 is 30.3 Å². The average molecular weight is 593 g/mol. The second-order valence-corrected chi connectivity index (χ2v) is 13.1. The highest BCUT2D eigenvalue weighted by Gasteiger charge is 2.25. The van der Waals surface area contributed by atoms with Gasteiger partial charge in [-0.1, -0.05) is 48.5 Å². The van der Waals surface area contributed by atoms with E-state index in [1.54, 1.807) is 9.80 Å². The minimum absolute atomic E-state index is 0.334. The molecule has 43 heavy (non-hydrogen) atoms. The molecule has 3 aromatic rings. The number of nitrogens with two attached hydrogens (primary N) is 1. The molecule has 0 fully saturated rings. The Labute approximate surface area is 257 Å². The maximum Gasteiger partial charge on any atom is 0.410 e. The van der Waals surface area contributed by atoms with E-state index in [1.807, 2.05) is 65.8 Å². The van der Waals surface area contributed by atoms with E-state index in [0.29, 0.717) is 39.1 Å². The molecule has 0 bridgehead atoms. The Kier molecular flexibility index (Phi) is 12.6. The molecule has 0 aliphatic heterocycles. The van der Waals surface area contributed by atoms with Crippen molar-refractivity contribution < 1.29 is 19.1 Å². The van der Waals surface area contributed by atoms with Crippen molar-refractivity contribution >= 4 is 33.7 Å². The molecule has 236 valence electrons. The Hall–Kier alpha value is -3.36. The quantitative estimate of drug-likeness (QED) is 0.153. The molecule has 2 amide bonds. The van der Waals surface area contributed by atoms with Crippen LogP contribution in [0.3, 0.4) is 0 Å². The Morgan fingerprint density at radius 3 is 1.74 bits per heavy atom. The summed E-state index contributed by atoms with van der Waals surface area (Å²) in [4.78, 5) is 30.2. The van der Waals surface area contributed by atoms with E-state index in [9.17, 15) is 9.59 Å². The highest BCUT2D eigenvalue weighted by atomic mass is 16.6. The van der Waals surface area contributed by atoms with Crippen molar-refractivity contribution in [2.45, 2.75) is 85.0 Å². The summed E-state index contributed by atoms with van der Waals surface area (Å²) >= 11 is 0. The SMILES string of the molecule is CC(C)(C)OC(=O)N(CCCNCCCCN)CCCN(Cc1c2ccccc2cc2ccccc12)C(=O)OC(C)(C)C. The monoisotopic (exact) mass is 592 g/mol. The highest BCUT2D eigenvalue weighted by Crippen LogP contribution is 2.30. The minimum atomic E-state index is -0.629. The van der Waals surface area contributed by atoms with E-state index in [4.69, 9.17) is 15.2 Å². The summed E-state index contributed by atoms with van der Waals surface area (Å²) < 4.78 is 11.6. The third-order valence-electron chi connectivity index (χ3n) is 6.98. The van der Waals surface area contributed by atoms with E-state index in [0.717, 1.165) is 59.5 Å². The number of fused-ring (bicyclic) bond motifs is 2. The van der Waals surface area contributed by atoms with Crippen LogP contribution in [0.4, 0.5) is 9.59 Å². The van der Waals surface area contributed by atoms with Crippen LogP contribution >= 0.6 is 0 Å². The number of carbonyl (C=O) groups is 2. The number of ether oxygens (including phenoxy) is 2. The van der Waals surface area contributed by atoms with E-state index in [2.05, 4.69) is 35.6 Å². The predicted molar refractivity (Wildman–Crippen MR) is 176 cm³/mol. The molecule has 0 heterocycles. The lowest BCUT2D eigenvalue weighted by molar-refractivity contribution is 0.0195. The van der Waals surface area contributed by atoms with Crippen LogP contribution in [0.5, 0.6) is 0 Å². The molecule has 0 atom stereocenters. The fourth-order valence-corrected chi connectivity index (χ4v) is 5.02. The van der Waals surface area contributed by atoms with Gasteiger partial charge in [-0.2, -0.15) is 0 Å². The average Bonchev–Trinajstić information content (AvgIpc) is 2.92. The Balaban J connectivity index is 1.78. The van der Waals surface area contributed by atoms with Crippen LogP contribution in [0.15, 0.2) is 54.6 Å². The Morgan fingerprint density at radius 1 is 0.698 bits per heavy atom. The molecule has 8 nitrogen and oxygen atoms in total. The molecule has 0 aliphatic carbocycles. The molecule has 3 rings (SSSR count). The number of amides is 2. The molecule has 0 aromatic heterocycles. The van der Waals surface area contributed by atoms with E-state index < -0.39 is 11.2 Å². The topological polar surface area (TPSA) is 97.1 Å². The van der Waals surface area contributed by atoms with Crippen molar-refractivity contribution in [3.8, 4) is 0 Å². The first-order chi connectivity index (χ1) is 20.4. The Bertz CT molecular complexity index is 1270. The maximum atomic E-state index is 13.5. The summed E-state index contributed by atoms with van der Waals surface area (Å²) in [6.07, 6.45) is 2.73. The van der Waals surface area contributed by atoms with Gasteiger partial charge in [-0.25, -0.2) is 9.59 Å². The molecule has 0 radical (unpaired) electrons. The summed E-state index contributed by atoms with van der Waals surface area (Å²) in [5, 5.41) is 7.92. The third-order valence-corrected chi connectivity index (χ3v) is 6.98. The van der Waals surface area contributed by atoms with Gasteiger partial charge in [0.15, 0.2) is 0 Å². The van der Waals surface area contributed by atoms with E-state index in [-0.39, 0.29) is 12.2 Å². The molecule has 0 saturated carbocycles. The minimum Gasteiger partial charge on any atom is -0.444 e. The molecule has 0 aliphatic rings. The van der Waals surface area contributed by atoms with Gasteiger partial charge in [-0.3, -0.25) is 0 Å². The number of carbonyl (C=O) groups excluding carboxylic acids is 2. The molecule has 0 unspecified atom stereocenters. The van der Waals surface area contributed by atoms with Gasteiger partial charge >= 0.3 is 12.2 Å². The summed E-state index contributed by atoms with van der Waals surface area (Å²) in [5.41, 5.74) is 5.45. The zero-order valence-electron chi connectivity index (χ0n) is 27.1. The molecular formula is C35H52N4O4. The van der Waals surface area contributed by atoms with Gasteiger partial charge in [-0.05, 0) is 120 Å². The number of hydrogen-bond donors (Lipinski definition) is 2. The lowest BCUT2D eigenvalue weighted by Crippen LogP contribution is -2.41. The van der Waals surface area contributed by atoms with Crippen molar-refractivity contribution in [3.63, 3.8) is 0 Å². The van der Waals surface area contributed by atoms with Crippen LogP contribution in [-0.4, -0.2) is 72.5 Å². The molecule has 8 heteroatoms. The molecule has 0 saturated heterocycles. The van der Waals surface area contributed by atoms with Crippen molar-refractivity contribution in [2.24, 2.45) is 5.73 Å². The number of benzene rings is 3. The number of unbranched alkanes of at least 4 members (excludes halogenated alkanes) is 1. The van der Waals surface area contributed by atoms with Gasteiger partial charge in [0.2, 0.25) is 0 Å². The number of rotatable bonds is 14. The smallest absolute Gasteiger partial charge is 0.410 e. The summed E-state index contributed by atoms with van der Waals surface area (Å²) in [6, 6.07) is 18.8. The van der Waals surface area contributed by atoms with Crippen molar-refractivity contribution in [1.82, 2.24) is 15.1 Å². The van der Waals surface area contributed by atoms with Crippen LogP contribution in [0.25, 0.3) is 21.5 Å². The lowest BCUT2D eigenvalue weighted by atomic mass is 9.96. The number of nitrogens with zero attached hydrogens (tertiary/aromatic N) is 2.